The summed E-state index contributed by atoms with van der Waals surface area (Å²) in [5.74, 6) is 1.02. The van der Waals surface area contributed by atoms with Crippen LogP contribution in [0.3, 0.4) is 0 Å². The Kier molecular flexibility index (Phi) is 6.55. The molecule has 1 saturated heterocycles. The lowest BCUT2D eigenvalue weighted by Crippen LogP contribution is -2.44. The Balaban J connectivity index is 1.33. The van der Waals surface area contributed by atoms with Gasteiger partial charge in [0.25, 0.3) is 5.91 Å². The molecule has 3 aromatic rings. The van der Waals surface area contributed by atoms with E-state index in [1.54, 1.807) is 24.4 Å². The molecule has 0 radical (unpaired) electrons. The Hall–Kier alpha value is -4.35. The van der Waals surface area contributed by atoms with Crippen molar-refractivity contribution >= 4 is 11.9 Å². The molecule has 188 valence electrons. The Morgan fingerprint density at radius 3 is 2.70 bits per heavy atom. The number of allylic oxidation sites excluding steroid dienone is 1. The van der Waals surface area contributed by atoms with Crippen LogP contribution in [0.25, 0.3) is 11.1 Å². The first-order chi connectivity index (χ1) is 17.9. The van der Waals surface area contributed by atoms with Crippen LogP contribution < -0.4 is 10.5 Å². The van der Waals surface area contributed by atoms with E-state index < -0.39 is 5.54 Å². The predicted molar refractivity (Wildman–Crippen MR) is 145 cm³/mol. The lowest BCUT2D eigenvalue weighted by atomic mass is 9.89. The molecule has 0 aliphatic carbocycles. The van der Waals surface area contributed by atoms with Gasteiger partial charge in [-0.1, -0.05) is 55.1 Å². The molecule has 2 N–H and O–H groups in total. The standard InChI is InChI=1S/C30H31N5O2/c1-4-26-13-22(19-34(26)18-21-9-6-5-7-10-21)20-35-28(36)30(2,33-29(35)31)25-12-8-11-23(14-25)24-15-27(37-3)17-32-16-24/h5-12,14-17,22H,1,13,18-20H2,2-3H3,(H2,31,33). The van der Waals surface area contributed by atoms with Gasteiger partial charge in [-0.25, -0.2) is 4.99 Å². The molecular weight excluding hydrogens is 462 g/mol. The number of nitrogens with zero attached hydrogens (tertiary/aromatic N) is 4. The SMILES string of the molecule is C=C=C1CC(CN2C(=O)C(C)(c3cccc(-c4cncc(OC)c4)c3)N=C2N)CN1Cc1ccccc1. The maximum atomic E-state index is 13.7. The van der Waals surface area contributed by atoms with Crippen LogP contribution in [0.15, 0.2) is 96.1 Å². The summed E-state index contributed by atoms with van der Waals surface area (Å²) in [6.07, 6.45) is 4.23. The molecule has 1 fully saturated rings. The van der Waals surface area contributed by atoms with Crippen LogP contribution in [0.1, 0.15) is 24.5 Å². The smallest absolute Gasteiger partial charge is 0.261 e. The van der Waals surface area contributed by atoms with E-state index >= 15 is 0 Å². The number of hydrogen-bond acceptors (Lipinski definition) is 6. The topological polar surface area (TPSA) is 84.0 Å². The largest absolute Gasteiger partial charge is 0.495 e. The van der Waals surface area contributed by atoms with E-state index in [0.29, 0.717) is 12.3 Å². The van der Waals surface area contributed by atoms with Crippen molar-refractivity contribution in [3.63, 3.8) is 0 Å². The zero-order chi connectivity index (χ0) is 26.0. The van der Waals surface area contributed by atoms with Crippen LogP contribution in [-0.2, 0) is 16.9 Å². The average Bonchev–Trinajstić information content (AvgIpc) is 3.42. The zero-order valence-corrected chi connectivity index (χ0v) is 21.2. The number of aromatic nitrogens is 1. The summed E-state index contributed by atoms with van der Waals surface area (Å²) >= 11 is 0. The number of aliphatic imine (C=N–C) groups is 1. The molecule has 37 heavy (non-hydrogen) atoms. The van der Waals surface area contributed by atoms with Crippen molar-refractivity contribution in [1.29, 1.82) is 0 Å². The molecule has 5 rings (SSSR count). The second-order valence-corrected chi connectivity index (χ2v) is 9.71. The lowest BCUT2D eigenvalue weighted by molar-refractivity contribution is -0.131. The number of nitrogens with two attached hydrogens (primary N) is 1. The third kappa shape index (κ3) is 4.74. The highest BCUT2D eigenvalue weighted by Crippen LogP contribution is 2.37. The van der Waals surface area contributed by atoms with Crippen LogP contribution in [-0.4, -0.2) is 46.8 Å². The number of pyridine rings is 1. The van der Waals surface area contributed by atoms with E-state index in [-0.39, 0.29) is 17.8 Å². The van der Waals surface area contributed by atoms with Crippen molar-refractivity contribution in [3.8, 4) is 16.9 Å². The van der Waals surface area contributed by atoms with Crippen molar-refractivity contribution < 1.29 is 9.53 Å². The zero-order valence-electron chi connectivity index (χ0n) is 21.2. The summed E-state index contributed by atoms with van der Waals surface area (Å²) in [5.41, 5.74) is 13.3. The first-order valence-corrected chi connectivity index (χ1v) is 12.4. The summed E-state index contributed by atoms with van der Waals surface area (Å²) in [6, 6.07) is 20.1. The number of benzene rings is 2. The summed E-state index contributed by atoms with van der Waals surface area (Å²) in [7, 11) is 1.61. The Morgan fingerprint density at radius 1 is 1.14 bits per heavy atom. The van der Waals surface area contributed by atoms with Crippen LogP contribution >= 0.6 is 0 Å². The number of amides is 1. The first kappa shape index (κ1) is 24.3. The van der Waals surface area contributed by atoms with Crippen molar-refractivity contribution in [2.45, 2.75) is 25.4 Å². The molecule has 0 spiro atoms. The second-order valence-electron chi connectivity index (χ2n) is 9.71. The Labute approximate surface area is 217 Å². The molecule has 2 atom stereocenters. The lowest BCUT2D eigenvalue weighted by Gasteiger charge is -2.25. The fourth-order valence-electron chi connectivity index (χ4n) is 5.18. The number of ether oxygens (including phenoxy) is 1. The second kappa shape index (κ2) is 9.96. The normalized spacial score (nSPS) is 21.2. The van der Waals surface area contributed by atoms with Crippen molar-refractivity contribution in [1.82, 2.24) is 14.8 Å². The molecule has 3 heterocycles. The number of likely N-dealkylation sites (tertiary alicyclic amines) is 1. The number of methoxy groups -OCH3 is 1. The Bertz CT molecular complexity index is 1400. The minimum Gasteiger partial charge on any atom is -0.495 e. The van der Waals surface area contributed by atoms with Crippen molar-refractivity contribution in [3.05, 3.63) is 102 Å². The summed E-state index contributed by atoms with van der Waals surface area (Å²) in [5, 5.41) is 0. The predicted octanol–water partition coefficient (Wildman–Crippen LogP) is 4.32. The van der Waals surface area contributed by atoms with Gasteiger partial charge in [-0.05, 0) is 35.7 Å². The highest BCUT2D eigenvalue weighted by Gasteiger charge is 2.46. The van der Waals surface area contributed by atoms with Gasteiger partial charge in [-0.15, -0.1) is 5.73 Å². The van der Waals surface area contributed by atoms with Gasteiger partial charge in [0, 0.05) is 43.7 Å². The van der Waals surface area contributed by atoms with Crippen LogP contribution in [0.5, 0.6) is 5.75 Å². The molecule has 0 saturated carbocycles. The molecule has 2 aliphatic rings. The van der Waals surface area contributed by atoms with Crippen LogP contribution in [0.4, 0.5) is 0 Å². The molecular formula is C30H31N5O2. The summed E-state index contributed by atoms with van der Waals surface area (Å²) < 4.78 is 5.32. The molecule has 0 bridgehead atoms. The maximum Gasteiger partial charge on any atom is 0.261 e. The van der Waals surface area contributed by atoms with Gasteiger partial charge in [0.05, 0.1) is 19.0 Å². The monoisotopic (exact) mass is 493 g/mol. The molecule has 2 aliphatic heterocycles. The van der Waals surface area contributed by atoms with E-state index in [4.69, 9.17) is 10.5 Å². The fourth-order valence-corrected chi connectivity index (χ4v) is 5.18. The molecule has 7 nitrogen and oxygen atoms in total. The van der Waals surface area contributed by atoms with Crippen molar-refractivity contribution in [2.75, 3.05) is 20.2 Å². The summed E-state index contributed by atoms with van der Waals surface area (Å²) in [6.45, 7) is 7.81. The third-order valence-corrected chi connectivity index (χ3v) is 7.19. The van der Waals surface area contributed by atoms with E-state index in [9.17, 15) is 4.79 Å². The minimum absolute atomic E-state index is 0.114. The van der Waals surface area contributed by atoms with Gasteiger partial charge >= 0.3 is 0 Å². The Morgan fingerprint density at radius 2 is 1.95 bits per heavy atom. The molecule has 1 aromatic heterocycles. The first-order valence-electron chi connectivity index (χ1n) is 12.4. The minimum atomic E-state index is -1.09. The van der Waals surface area contributed by atoms with Gasteiger partial charge in [0.15, 0.2) is 11.5 Å². The molecule has 7 heteroatoms. The van der Waals surface area contributed by atoms with Gasteiger partial charge < -0.3 is 15.4 Å². The van der Waals surface area contributed by atoms with E-state index in [1.165, 1.54) is 5.56 Å². The van der Waals surface area contributed by atoms with E-state index in [1.807, 2.05) is 55.5 Å². The number of carbonyl (C=O) groups excluding carboxylic acids is 1. The van der Waals surface area contributed by atoms with E-state index in [2.05, 4.69) is 39.3 Å². The van der Waals surface area contributed by atoms with Gasteiger partial charge in [-0.3, -0.25) is 14.7 Å². The fraction of sp³-hybridized carbons (Fsp3) is 0.267. The van der Waals surface area contributed by atoms with Gasteiger partial charge in [-0.2, -0.15) is 0 Å². The van der Waals surface area contributed by atoms with Crippen LogP contribution in [0, 0.1) is 5.92 Å². The highest BCUT2D eigenvalue weighted by molar-refractivity contribution is 6.07. The quantitative estimate of drug-likeness (QED) is 0.496. The maximum absolute atomic E-state index is 13.7. The van der Waals surface area contributed by atoms with Crippen LogP contribution in [0.2, 0.25) is 0 Å². The average molecular weight is 494 g/mol. The highest BCUT2D eigenvalue weighted by atomic mass is 16.5. The van der Waals surface area contributed by atoms with Gasteiger partial charge in [0.2, 0.25) is 0 Å². The van der Waals surface area contributed by atoms with Gasteiger partial charge in [0.1, 0.15) is 5.75 Å². The summed E-state index contributed by atoms with van der Waals surface area (Å²) in [4.78, 5) is 26.6. The van der Waals surface area contributed by atoms with Crippen molar-refractivity contribution in [2.24, 2.45) is 16.6 Å². The molecule has 2 unspecified atom stereocenters. The third-order valence-electron chi connectivity index (χ3n) is 7.19. The number of guanidine groups is 1. The molecule has 2 aromatic carbocycles. The number of rotatable bonds is 7. The van der Waals surface area contributed by atoms with E-state index in [0.717, 1.165) is 41.9 Å². The number of carbonyl (C=O) groups is 1. The molecule has 1 amide bonds. The number of hydrogen-bond donors (Lipinski definition) is 1.